The molecule has 0 aliphatic heterocycles. The van der Waals surface area contributed by atoms with Gasteiger partial charge in [-0.2, -0.15) is 0 Å². The smallest absolute Gasteiger partial charge is 0.361 e. The normalized spacial score (nSPS) is 12.6. The molecule has 6 aromatic carbocycles. The zero-order chi connectivity index (χ0) is 50.6. The van der Waals surface area contributed by atoms with E-state index in [0.29, 0.717) is 38.2 Å². The van der Waals surface area contributed by atoms with Gasteiger partial charge in [-0.1, -0.05) is 97.1 Å². The van der Waals surface area contributed by atoms with Crippen LogP contribution in [0.25, 0.3) is 49.3 Å². The van der Waals surface area contributed by atoms with Crippen molar-refractivity contribution in [1.82, 2.24) is 4.40 Å². The maximum Gasteiger partial charge on any atom is 0.361 e. The van der Waals surface area contributed by atoms with Crippen LogP contribution in [0.2, 0.25) is 0 Å². The number of carbonyl (C=O) groups excluding carboxylic acids is 3. The molecule has 3 atom stereocenters. The first-order chi connectivity index (χ1) is 34.9. The van der Waals surface area contributed by atoms with Gasteiger partial charge in [-0.15, -0.1) is 0 Å². The minimum absolute atomic E-state index is 0.0150. The van der Waals surface area contributed by atoms with E-state index in [1.165, 1.54) is 34.5 Å². The summed E-state index contributed by atoms with van der Waals surface area (Å²) in [4.78, 5) is 55.4. The first-order valence-electron chi connectivity index (χ1n) is 22.8. The highest BCUT2D eigenvalue weighted by atomic mass is 16.6. The van der Waals surface area contributed by atoms with Crippen LogP contribution >= 0.6 is 0 Å². The van der Waals surface area contributed by atoms with Crippen molar-refractivity contribution in [1.29, 1.82) is 0 Å². The van der Waals surface area contributed by atoms with E-state index < -0.39 is 41.7 Å². The van der Waals surface area contributed by atoms with Crippen molar-refractivity contribution in [3.63, 3.8) is 0 Å². The Kier molecular flexibility index (Phi) is 13.9. The summed E-state index contributed by atoms with van der Waals surface area (Å²) in [6.45, 7) is 0. The van der Waals surface area contributed by atoms with Crippen LogP contribution in [0.5, 0.6) is 40.2 Å². The van der Waals surface area contributed by atoms with Gasteiger partial charge in [0.2, 0.25) is 5.75 Å². The van der Waals surface area contributed by atoms with Gasteiger partial charge in [-0.05, 0) is 71.8 Å². The molecule has 0 amide bonds. The first kappa shape index (κ1) is 48.3. The standard InChI is InChI=1S/C56H50N4O12/c1-65-43-27-34(20-21-41(43)69-53(61)38(57)24-31-14-8-5-9-15-31)47-48-37-29-44(66-2)45(71-54(62)39(58)25-32-16-10-6-11-17-32)30-42(37)70-56(64)50(48)60-23-22-35-36(49(47)60)28-46(67-3)52(68-4)51(35)72-55(63)40(59)26-33-18-12-7-13-19-33/h5-23,27-30,38-40H,24-26,57-59H2,1-4H3/t38-,39-,40-/m0/s1. The van der Waals surface area contributed by atoms with E-state index in [9.17, 15) is 19.2 Å². The predicted molar refractivity (Wildman–Crippen MR) is 271 cm³/mol. The van der Waals surface area contributed by atoms with E-state index in [-0.39, 0.29) is 70.6 Å². The Bertz CT molecular complexity index is 3560. The number of aromatic nitrogens is 1. The quantitative estimate of drug-likeness (QED) is 0.0456. The maximum atomic E-state index is 14.6. The summed E-state index contributed by atoms with van der Waals surface area (Å²) in [6.07, 6.45) is 2.28. The third-order valence-electron chi connectivity index (χ3n) is 12.3. The third kappa shape index (κ3) is 9.48. The predicted octanol–water partition coefficient (Wildman–Crippen LogP) is 7.48. The molecular formula is C56H50N4O12. The number of hydrogen-bond acceptors (Lipinski definition) is 15. The van der Waals surface area contributed by atoms with Gasteiger partial charge < -0.3 is 59.2 Å². The Balaban J connectivity index is 1.24. The highest BCUT2D eigenvalue weighted by Gasteiger charge is 2.30. The van der Waals surface area contributed by atoms with Crippen molar-refractivity contribution in [2.45, 2.75) is 37.4 Å². The number of nitrogens with zero attached hydrogens (tertiary/aromatic N) is 1. The topological polar surface area (TPSA) is 228 Å². The number of benzene rings is 6. The number of nitrogens with two attached hydrogens (primary N) is 3. The van der Waals surface area contributed by atoms with E-state index in [4.69, 9.17) is 54.8 Å². The fraction of sp³-hybridized carbons (Fsp3) is 0.179. The van der Waals surface area contributed by atoms with Gasteiger partial charge in [0.05, 0.1) is 34.0 Å². The summed E-state index contributed by atoms with van der Waals surface area (Å²) in [5.41, 5.74) is 22.4. The molecule has 9 aromatic rings. The van der Waals surface area contributed by atoms with Crippen LogP contribution in [-0.2, 0) is 33.6 Å². The Hall–Kier alpha value is -8.70. The average Bonchev–Trinajstić information content (AvgIpc) is 3.75. The van der Waals surface area contributed by atoms with Gasteiger partial charge >= 0.3 is 23.5 Å². The molecule has 0 saturated carbocycles. The Morgan fingerprint density at radius 2 is 1.00 bits per heavy atom. The summed E-state index contributed by atoms with van der Waals surface area (Å²) in [5, 5.41) is 1.59. The van der Waals surface area contributed by atoms with E-state index in [1.54, 1.807) is 47.0 Å². The largest absolute Gasteiger partial charge is 0.493 e. The highest BCUT2D eigenvalue weighted by molar-refractivity contribution is 6.22. The fourth-order valence-corrected chi connectivity index (χ4v) is 8.85. The van der Waals surface area contributed by atoms with Crippen molar-refractivity contribution >= 4 is 56.1 Å². The third-order valence-corrected chi connectivity index (χ3v) is 12.3. The lowest BCUT2D eigenvalue weighted by molar-refractivity contribution is -0.136. The molecule has 72 heavy (non-hydrogen) atoms. The summed E-state index contributed by atoms with van der Waals surface area (Å²) in [6, 6.07) is 36.1. The monoisotopic (exact) mass is 970 g/mol. The zero-order valence-corrected chi connectivity index (χ0v) is 39.7. The molecule has 0 aliphatic rings. The maximum absolute atomic E-state index is 14.6. The molecule has 16 heteroatoms. The lowest BCUT2D eigenvalue weighted by Gasteiger charge is -2.19. The molecule has 0 aliphatic carbocycles. The molecule has 9 rings (SSSR count). The minimum atomic E-state index is -1.06. The molecule has 6 N–H and O–H groups in total. The number of fused-ring (bicyclic) bond motifs is 7. The number of pyridine rings is 1. The fourth-order valence-electron chi connectivity index (χ4n) is 8.85. The van der Waals surface area contributed by atoms with Gasteiger partial charge in [0, 0.05) is 39.4 Å². The molecule has 16 nitrogen and oxygen atoms in total. The molecule has 366 valence electrons. The second kappa shape index (κ2) is 20.7. The zero-order valence-electron chi connectivity index (χ0n) is 39.7. The second-order valence-corrected chi connectivity index (χ2v) is 16.9. The number of esters is 3. The summed E-state index contributed by atoms with van der Waals surface area (Å²) < 4.78 is 48.9. The highest BCUT2D eigenvalue weighted by Crippen LogP contribution is 2.50. The molecule has 0 spiro atoms. The van der Waals surface area contributed by atoms with Gasteiger partial charge in [0.1, 0.15) is 29.2 Å². The number of hydrogen-bond donors (Lipinski definition) is 3. The summed E-state index contributed by atoms with van der Waals surface area (Å²) >= 11 is 0. The van der Waals surface area contributed by atoms with Gasteiger partial charge in [-0.3, -0.25) is 0 Å². The molecule has 0 bridgehead atoms. The van der Waals surface area contributed by atoms with Gasteiger partial charge in [0.15, 0.2) is 34.5 Å². The average molecular weight is 971 g/mol. The van der Waals surface area contributed by atoms with Crippen LogP contribution in [0.3, 0.4) is 0 Å². The number of carbonyl (C=O) groups is 3. The van der Waals surface area contributed by atoms with Gasteiger partial charge in [0.25, 0.3) is 0 Å². The van der Waals surface area contributed by atoms with Crippen molar-refractivity contribution < 1.29 is 52.0 Å². The lowest BCUT2D eigenvalue weighted by Crippen LogP contribution is -2.36. The molecule has 0 fully saturated rings. The molecule has 0 unspecified atom stereocenters. The molecular weight excluding hydrogens is 921 g/mol. The van der Waals surface area contributed by atoms with Crippen molar-refractivity contribution in [2.24, 2.45) is 17.2 Å². The Labute approximate surface area is 412 Å². The van der Waals surface area contributed by atoms with Crippen LogP contribution < -0.4 is 56.0 Å². The molecule has 0 radical (unpaired) electrons. The number of methoxy groups -OCH3 is 4. The van der Waals surface area contributed by atoms with Crippen LogP contribution in [0.4, 0.5) is 0 Å². The first-order valence-corrected chi connectivity index (χ1v) is 22.8. The second-order valence-electron chi connectivity index (χ2n) is 16.9. The number of rotatable bonds is 17. The van der Waals surface area contributed by atoms with Crippen LogP contribution in [-0.4, -0.2) is 68.9 Å². The van der Waals surface area contributed by atoms with E-state index >= 15 is 0 Å². The van der Waals surface area contributed by atoms with Crippen molar-refractivity contribution in [3.8, 4) is 51.4 Å². The van der Waals surface area contributed by atoms with E-state index in [2.05, 4.69) is 0 Å². The number of ether oxygens (including phenoxy) is 7. The summed E-state index contributed by atoms with van der Waals surface area (Å²) in [7, 11) is 5.70. The summed E-state index contributed by atoms with van der Waals surface area (Å²) in [5.74, 6) is -1.50. The SMILES string of the molecule is COc1cc(-c2c3c4cc(OC)c(OC(=O)[C@@H](N)Cc5ccccc5)cc4oc(=O)c3n3ccc4c(OC(=O)[C@@H](N)Cc5ccccc5)c(OC)c(OC)cc4c23)ccc1OC(=O)[C@@H](N)Cc1ccccc1. The molecule has 3 aromatic heterocycles. The van der Waals surface area contributed by atoms with Crippen LogP contribution in [0.15, 0.2) is 149 Å². The van der Waals surface area contributed by atoms with Crippen molar-refractivity contribution in [3.05, 3.63) is 167 Å². The minimum Gasteiger partial charge on any atom is -0.493 e. The Morgan fingerprint density at radius 1 is 0.500 bits per heavy atom. The van der Waals surface area contributed by atoms with Crippen LogP contribution in [0, 0.1) is 0 Å². The van der Waals surface area contributed by atoms with Crippen molar-refractivity contribution in [2.75, 3.05) is 28.4 Å². The van der Waals surface area contributed by atoms with Crippen LogP contribution in [0.1, 0.15) is 16.7 Å². The molecule has 3 heterocycles. The van der Waals surface area contributed by atoms with Gasteiger partial charge in [-0.25, -0.2) is 19.2 Å². The van der Waals surface area contributed by atoms with E-state index in [1.807, 2.05) is 91.0 Å². The lowest BCUT2D eigenvalue weighted by atomic mass is 9.97. The van der Waals surface area contributed by atoms with E-state index in [0.717, 1.165) is 16.7 Å². The Morgan fingerprint density at radius 3 is 1.53 bits per heavy atom. The molecule has 0 saturated heterocycles.